The fraction of sp³-hybridized carbons (Fsp3) is 0.811. The van der Waals surface area contributed by atoms with Crippen molar-refractivity contribution in [2.45, 2.75) is 174 Å². The van der Waals surface area contributed by atoms with E-state index in [1.165, 1.54) is 44.9 Å². The highest BCUT2D eigenvalue weighted by Gasteiger charge is 2.28. The molecule has 0 aromatic rings. The lowest BCUT2D eigenvalue weighted by Gasteiger charge is -2.20. The molecule has 0 radical (unpaired) electrons. The number of allylic oxidation sites excluding steroid dienone is 4. The highest BCUT2D eigenvalue weighted by molar-refractivity contribution is 7.47. The molecular weight excluding hydrogens is 649 g/mol. The van der Waals surface area contributed by atoms with E-state index >= 15 is 0 Å². The van der Waals surface area contributed by atoms with Crippen molar-refractivity contribution in [2.24, 2.45) is 5.73 Å². The molecule has 1 unspecified atom stereocenters. The van der Waals surface area contributed by atoms with Gasteiger partial charge in [-0.3, -0.25) is 23.4 Å². The lowest BCUT2D eigenvalue weighted by molar-refractivity contribution is -0.161. The van der Waals surface area contributed by atoms with Crippen LogP contribution in [0.1, 0.15) is 162 Å². The zero-order valence-electron chi connectivity index (χ0n) is 30.5. The number of rotatable bonds is 35. The van der Waals surface area contributed by atoms with Crippen LogP contribution in [0.2, 0.25) is 0 Å². The third kappa shape index (κ3) is 32.9. The zero-order chi connectivity index (χ0) is 36.4. The predicted octanol–water partition coefficient (Wildman–Crippen LogP) is 9.11. The molecule has 4 N–H and O–H groups in total. The number of carbonyl (C=O) groups excluding carboxylic acids is 2. The Morgan fingerprint density at radius 1 is 0.612 bits per heavy atom. The third-order valence-corrected chi connectivity index (χ3v) is 8.87. The lowest BCUT2D eigenvalue weighted by Crippen LogP contribution is -2.34. The number of hydrogen-bond donors (Lipinski definition) is 3. The predicted molar refractivity (Wildman–Crippen MR) is 194 cm³/mol. The van der Waals surface area contributed by atoms with Gasteiger partial charge in [-0.1, -0.05) is 115 Å². The van der Waals surface area contributed by atoms with E-state index in [1.54, 1.807) is 0 Å². The highest BCUT2D eigenvalue weighted by atomic mass is 31.2. The molecule has 0 rings (SSSR count). The lowest BCUT2D eigenvalue weighted by atomic mass is 10.1. The average Bonchev–Trinajstić information content (AvgIpc) is 3.07. The highest BCUT2D eigenvalue weighted by Crippen LogP contribution is 2.43. The van der Waals surface area contributed by atoms with Crippen molar-refractivity contribution in [1.29, 1.82) is 0 Å². The standard InChI is InChI=1S/C37H68NO10P/c1-3-5-7-9-11-13-15-16-17-19-20-22-24-26-28-35(39)45-30-33(31-46-49(43,44)47-32-34(38)37(41)42)48-36(40)29-27-25-23-21-18-14-12-10-8-6-4-2/h10,12,15-16,33-34H,3-9,11,13-14,17-32,38H2,1-2H3,(H,41,42)(H,43,44)/b12-10-,16-15-/t33-,34+/m1/s1. The minimum Gasteiger partial charge on any atom is -0.480 e. The first-order chi connectivity index (χ1) is 23.6. The smallest absolute Gasteiger partial charge is 0.472 e. The van der Waals surface area contributed by atoms with Crippen molar-refractivity contribution in [2.75, 3.05) is 19.8 Å². The van der Waals surface area contributed by atoms with Crippen LogP contribution >= 0.6 is 7.82 Å². The van der Waals surface area contributed by atoms with E-state index in [1.807, 2.05) is 0 Å². The van der Waals surface area contributed by atoms with Crippen LogP contribution in [0.25, 0.3) is 0 Å². The Morgan fingerprint density at radius 3 is 1.55 bits per heavy atom. The van der Waals surface area contributed by atoms with Crippen molar-refractivity contribution in [3.63, 3.8) is 0 Å². The van der Waals surface area contributed by atoms with Gasteiger partial charge in [-0.25, -0.2) is 4.57 Å². The van der Waals surface area contributed by atoms with Gasteiger partial charge in [0, 0.05) is 12.8 Å². The van der Waals surface area contributed by atoms with Crippen LogP contribution in [0, 0.1) is 0 Å². The third-order valence-electron chi connectivity index (χ3n) is 7.92. The van der Waals surface area contributed by atoms with Gasteiger partial charge >= 0.3 is 25.7 Å². The van der Waals surface area contributed by atoms with Crippen LogP contribution in [0.5, 0.6) is 0 Å². The first-order valence-electron chi connectivity index (χ1n) is 18.9. The van der Waals surface area contributed by atoms with Gasteiger partial charge in [-0.15, -0.1) is 0 Å². The van der Waals surface area contributed by atoms with Gasteiger partial charge in [-0.05, 0) is 57.8 Å². The van der Waals surface area contributed by atoms with Crippen LogP contribution < -0.4 is 5.73 Å². The van der Waals surface area contributed by atoms with E-state index in [4.69, 9.17) is 24.8 Å². The quantitative estimate of drug-likeness (QED) is 0.0247. The summed E-state index contributed by atoms with van der Waals surface area (Å²) in [4.78, 5) is 45.7. The van der Waals surface area contributed by atoms with Crippen molar-refractivity contribution < 1.29 is 47.5 Å². The van der Waals surface area contributed by atoms with Crippen LogP contribution in [-0.2, 0) is 37.5 Å². The molecule has 0 fully saturated rings. The number of hydrogen-bond acceptors (Lipinski definition) is 9. The molecule has 49 heavy (non-hydrogen) atoms. The van der Waals surface area contributed by atoms with E-state index in [0.717, 1.165) is 77.0 Å². The van der Waals surface area contributed by atoms with Gasteiger partial charge in [0.1, 0.15) is 12.6 Å². The van der Waals surface area contributed by atoms with Crippen LogP contribution in [0.3, 0.4) is 0 Å². The molecule has 0 aliphatic carbocycles. The molecule has 0 aliphatic rings. The first-order valence-corrected chi connectivity index (χ1v) is 20.4. The van der Waals surface area contributed by atoms with Crippen LogP contribution in [-0.4, -0.2) is 59.9 Å². The molecule has 0 amide bonds. The Balaban J connectivity index is 4.46. The second kappa shape index (κ2) is 33.1. The Kier molecular flexibility index (Phi) is 31.7. The maximum Gasteiger partial charge on any atom is 0.472 e. The van der Waals surface area contributed by atoms with E-state index in [-0.39, 0.29) is 19.4 Å². The number of ether oxygens (including phenoxy) is 2. The monoisotopic (exact) mass is 717 g/mol. The van der Waals surface area contributed by atoms with E-state index < -0.39 is 51.1 Å². The van der Waals surface area contributed by atoms with Crippen molar-refractivity contribution >= 4 is 25.7 Å². The molecule has 0 aliphatic heterocycles. The fourth-order valence-corrected chi connectivity index (χ4v) is 5.64. The molecule has 286 valence electrons. The molecule has 0 heterocycles. The average molecular weight is 718 g/mol. The molecule has 0 saturated heterocycles. The van der Waals surface area contributed by atoms with Crippen LogP contribution in [0.4, 0.5) is 0 Å². The molecule has 0 aromatic heterocycles. The Morgan fingerprint density at radius 2 is 1.04 bits per heavy atom. The fourth-order valence-electron chi connectivity index (χ4n) is 4.86. The number of phosphoric ester groups is 1. The number of aliphatic carboxylic acids is 1. The molecule has 12 heteroatoms. The molecule has 0 saturated carbocycles. The summed E-state index contributed by atoms with van der Waals surface area (Å²) >= 11 is 0. The summed E-state index contributed by atoms with van der Waals surface area (Å²) in [6.07, 6.45) is 31.1. The van der Waals surface area contributed by atoms with E-state index in [2.05, 4.69) is 42.7 Å². The SMILES string of the molecule is CCCC/C=C\CCCCCCCC(=O)O[C@H](COC(=O)CCCCCCC/C=C\CCCCCCC)COP(=O)(O)OC[C@H](N)C(=O)O. The number of esters is 2. The molecule has 0 spiro atoms. The Bertz CT molecular complexity index is 942. The second-order valence-corrected chi connectivity index (χ2v) is 14.2. The normalized spacial score (nSPS) is 14.2. The van der Waals surface area contributed by atoms with Crippen molar-refractivity contribution in [3.05, 3.63) is 24.3 Å². The summed E-state index contributed by atoms with van der Waals surface area (Å²) in [6, 6.07) is -1.52. The summed E-state index contributed by atoms with van der Waals surface area (Å²) in [5.41, 5.74) is 5.31. The summed E-state index contributed by atoms with van der Waals surface area (Å²) in [5.74, 6) is -2.40. The molecule has 3 atom stereocenters. The van der Waals surface area contributed by atoms with Crippen LogP contribution in [0.15, 0.2) is 24.3 Å². The number of carbonyl (C=O) groups is 3. The summed E-state index contributed by atoms with van der Waals surface area (Å²) in [7, 11) is -4.71. The summed E-state index contributed by atoms with van der Waals surface area (Å²) < 4.78 is 32.5. The van der Waals surface area contributed by atoms with Crippen molar-refractivity contribution in [3.8, 4) is 0 Å². The van der Waals surface area contributed by atoms with Gasteiger partial charge in [0.15, 0.2) is 6.10 Å². The topological polar surface area (TPSA) is 172 Å². The number of phosphoric acid groups is 1. The summed E-state index contributed by atoms with van der Waals surface area (Å²) in [5, 5.41) is 8.85. The van der Waals surface area contributed by atoms with Crippen molar-refractivity contribution in [1.82, 2.24) is 0 Å². The molecular formula is C37H68NO10P. The Hall–Kier alpha value is -2.04. The minimum absolute atomic E-state index is 0.150. The maximum absolute atomic E-state index is 12.5. The van der Waals surface area contributed by atoms with Gasteiger partial charge < -0.3 is 25.2 Å². The minimum atomic E-state index is -4.71. The van der Waals surface area contributed by atoms with E-state index in [0.29, 0.717) is 12.8 Å². The van der Waals surface area contributed by atoms with Gasteiger partial charge in [0.05, 0.1) is 13.2 Å². The number of carboxylic acid groups (broad SMARTS) is 1. The van der Waals surface area contributed by atoms with Gasteiger partial charge in [0.2, 0.25) is 0 Å². The molecule has 0 aromatic carbocycles. The number of carboxylic acids is 1. The second-order valence-electron chi connectivity index (χ2n) is 12.7. The Labute approximate surface area is 296 Å². The summed E-state index contributed by atoms with van der Waals surface area (Å²) in [6.45, 7) is 2.71. The number of unbranched alkanes of at least 4 members (excludes halogenated alkanes) is 17. The number of nitrogens with two attached hydrogens (primary N) is 1. The zero-order valence-corrected chi connectivity index (χ0v) is 31.4. The first kappa shape index (κ1) is 47.0. The maximum atomic E-state index is 12.5. The van der Waals surface area contributed by atoms with Gasteiger partial charge in [-0.2, -0.15) is 0 Å². The molecule has 0 bridgehead atoms. The van der Waals surface area contributed by atoms with Gasteiger partial charge in [0.25, 0.3) is 0 Å². The molecule has 11 nitrogen and oxygen atoms in total. The van der Waals surface area contributed by atoms with E-state index in [9.17, 15) is 23.8 Å². The largest absolute Gasteiger partial charge is 0.480 e.